The fourth-order valence-electron chi connectivity index (χ4n) is 1.53. The quantitative estimate of drug-likeness (QED) is 0.843. The van der Waals surface area contributed by atoms with Crippen LogP contribution in [0.4, 0.5) is 4.79 Å². The van der Waals surface area contributed by atoms with E-state index in [2.05, 4.69) is 10.1 Å². The molecule has 0 unspecified atom stereocenters. The lowest BCUT2D eigenvalue weighted by Crippen LogP contribution is -2.22. The van der Waals surface area contributed by atoms with Crippen molar-refractivity contribution in [1.29, 1.82) is 0 Å². The summed E-state index contributed by atoms with van der Waals surface area (Å²) in [7, 11) is 2.94. The molecule has 6 heteroatoms. The first kappa shape index (κ1) is 11.3. The van der Waals surface area contributed by atoms with Crippen molar-refractivity contribution in [3.05, 3.63) is 34.3 Å². The van der Waals surface area contributed by atoms with E-state index in [1.165, 1.54) is 11.7 Å². The summed E-state index contributed by atoms with van der Waals surface area (Å²) in [4.78, 5) is 22.2. The Morgan fingerprint density at radius 1 is 1.53 bits per heavy atom. The lowest BCUT2D eigenvalue weighted by Gasteiger charge is -2.03. The fraction of sp³-hybridized carbons (Fsp3) is 0.273. The number of hydrogen-bond donors (Lipinski definition) is 1. The number of carbonyl (C=O) groups is 1. The molecule has 1 aromatic carbocycles. The van der Waals surface area contributed by atoms with Crippen molar-refractivity contribution in [3.8, 4) is 0 Å². The lowest BCUT2D eigenvalue weighted by atomic mass is 10.2. The summed E-state index contributed by atoms with van der Waals surface area (Å²) in [5.41, 5.74) is 2.05. The third kappa shape index (κ3) is 2.15. The van der Waals surface area contributed by atoms with E-state index >= 15 is 0 Å². The van der Waals surface area contributed by atoms with Crippen LogP contribution in [0.25, 0.3) is 11.1 Å². The predicted molar refractivity (Wildman–Crippen MR) is 60.7 cm³/mol. The van der Waals surface area contributed by atoms with Crippen LogP contribution in [0.2, 0.25) is 0 Å². The Hall–Kier alpha value is -2.24. The molecule has 2 aromatic rings. The number of carbonyl (C=O) groups excluding carboxylic acids is 1. The van der Waals surface area contributed by atoms with E-state index in [9.17, 15) is 9.59 Å². The van der Waals surface area contributed by atoms with Crippen LogP contribution in [0, 0.1) is 0 Å². The second kappa shape index (κ2) is 4.32. The Morgan fingerprint density at radius 3 is 3.00 bits per heavy atom. The molecule has 0 spiro atoms. The van der Waals surface area contributed by atoms with Gasteiger partial charge in [0.2, 0.25) is 0 Å². The van der Waals surface area contributed by atoms with E-state index < -0.39 is 11.8 Å². The molecule has 0 aliphatic carbocycles. The molecule has 90 valence electrons. The average Bonchev–Trinajstić information content (AvgIpc) is 2.62. The van der Waals surface area contributed by atoms with Crippen LogP contribution in [0.15, 0.2) is 27.4 Å². The summed E-state index contributed by atoms with van der Waals surface area (Å²) >= 11 is 0. The van der Waals surface area contributed by atoms with Crippen molar-refractivity contribution in [2.75, 3.05) is 7.11 Å². The first-order chi connectivity index (χ1) is 8.11. The topological polar surface area (TPSA) is 73.5 Å². The number of oxazole rings is 1. The van der Waals surface area contributed by atoms with Gasteiger partial charge in [0.1, 0.15) is 0 Å². The molecular formula is C11H12N2O4. The number of nitrogens with one attached hydrogen (secondary N) is 1. The van der Waals surface area contributed by atoms with Crippen LogP contribution in [-0.4, -0.2) is 17.8 Å². The van der Waals surface area contributed by atoms with E-state index in [-0.39, 0.29) is 0 Å². The molecule has 0 saturated heterocycles. The number of benzene rings is 1. The Bertz CT molecular complexity index is 611. The van der Waals surface area contributed by atoms with Crippen molar-refractivity contribution in [2.24, 2.45) is 7.05 Å². The highest BCUT2D eigenvalue weighted by atomic mass is 16.5. The van der Waals surface area contributed by atoms with Crippen molar-refractivity contribution >= 4 is 17.2 Å². The number of ether oxygens (including phenoxy) is 1. The summed E-state index contributed by atoms with van der Waals surface area (Å²) in [6.45, 7) is 0.321. The number of alkyl carbamates (subject to hydrolysis) is 1. The molecule has 17 heavy (non-hydrogen) atoms. The predicted octanol–water partition coefficient (Wildman–Crippen LogP) is 0.988. The maximum absolute atomic E-state index is 11.3. The normalized spacial score (nSPS) is 10.5. The maximum Gasteiger partial charge on any atom is 0.419 e. The van der Waals surface area contributed by atoms with E-state index in [0.29, 0.717) is 12.1 Å². The van der Waals surface area contributed by atoms with Crippen LogP contribution in [0.3, 0.4) is 0 Å². The number of hydrogen-bond acceptors (Lipinski definition) is 4. The standard InChI is InChI=1S/C11H12N2O4/c1-13-8-4-3-7(6-12-10(14)16-2)5-9(8)17-11(13)15/h3-5H,6H2,1-2H3,(H,12,14). The van der Waals surface area contributed by atoms with Gasteiger partial charge in [0.15, 0.2) is 5.58 Å². The van der Waals surface area contributed by atoms with E-state index in [4.69, 9.17) is 4.42 Å². The molecular weight excluding hydrogens is 224 g/mol. The number of fused-ring (bicyclic) bond motifs is 1. The second-order valence-electron chi connectivity index (χ2n) is 3.57. The van der Waals surface area contributed by atoms with Crippen molar-refractivity contribution < 1.29 is 13.9 Å². The summed E-state index contributed by atoms with van der Waals surface area (Å²) in [6, 6.07) is 5.30. The molecule has 1 aromatic heterocycles. The van der Waals surface area contributed by atoms with Crippen LogP contribution in [0.1, 0.15) is 5.56 Å². The highest BCUT2D eigenvalue weighted by molar-refractivity contribution is 5.74. The fourth-order valence-corrected chi connectivity index (χ4v) is 1.53. The Balaban J connectivity index is 2.26. The number of amides is 1. The van der Waals surface area contributed by atoms with Crippen LogP contribution < -0.4 is 11.1 Å². The number of methoxy groups -OCH3 is 1. The van der Waals surface area contributed by atoms with Crippen molar-refractivity contribution in [3.63, 3.8) is 0 Å². The number of aromatic nitrogens is 1. The van der Waals surface area contributed by atoms with E-state index in [1.807, 2.05) is 6.07 Å². The van der Waals surface area contributed by atoms with Gasteiger partial charge in [-0.2, -0.15) is 0 Å². The Labute approximate surface area is 96.8 Å². The van der Waals surface area contributed by atoms with Gasteiger partial charge in [0.05, 0.1) is 12.6 Å². The minimum absolute atomic E-state index is 0.321. The molecule has 0 bridgehead atoms. The molecule has 6 nitrogen and oxygen atoms in total. The first-order valence-corrected chi connectivity index (χ1v) is 5.02. The molecule has 2 rings (SSSR count). The van der Waals surface area contributed by atoms with Gasteiger partial charge in [-0.3, -0.25) is 4.57 Å². The minimum atomic E-state index is -0.500. The van der Waals surface area contributed by atoms with Gasteiger partial charge in [-0.25, -0.2) is 9.59 Å². The third-order valence-corrected chi connectivity index (χ3v) is 2.48. The van der Waals surface area contributed by atoms with E-state index in [0.717, 1.165) is 11.1 Å². The molecule has 1 amide bonds. The van der Waals surface area contributed by atoms with Gasteiger partial charge < -0.3 is 14.5 Å². The highest BCUT2D eigenvalue weighted by Crippen LogP contribution is 2.14. The lowest BCUT2D eigenvalue weighted by molar-refractivity contribution is 0.170. The Kier molecular flexibility index (Phi) is 2.86. The van der Waals surface area contributed by atoms with Crippen molar-refractivity contribution in [1.82, 2.24) is 9.88 Å². The van der Waals surface area contributed by atoms with Crippen LogP contribution >= 0.6 is 0 Å². The maximum atomic E-state index is 11.3. The number of nitrogens with zero attached hydrogens (tertiary/aromatic N) is 1. The molecule has 0 aliphatic heterocycles. The van der Waals surface area contributed by atoms with Gasteiger partial charge >= 0.3 is 11.8 Å². The zero-order valence-corrected chi connectivity index (χ0v) is 9.52. The second-order valence-corrected chi connectivity index (χ2v) is 3.57. The van der Waals surface area contributed by atoms with Crippen LogP contribution in [-0.2, 0) is 18.3 Å². The molecule has 0 fully saturated rings. The summed E-state index contributed by atoms with van der Waals surface area (Å²) in [6.07, 6.45) is -0.500. The van der Waals surface area contributed by atoms with Gasteiger partial charge in [-0.05, 0) is 17.7 Å². The number of aryl methyl sites for hydroxylation is 1. The molecule has 0 radical (unpaired) electrons. The zero-order valence-electron chi connectivity index (χ0n) is 9.52. The minimum Gasteiger partial charge on any atom is -0.453 e. The Morgan fingerprint density at radius 2 is 2.29 bits per heavy atom. The van der Waals surface area contributed by atoms with Gasteiger partial charge in [-0.15, -0.1) is 0 Å². The van der Waals surface area contributed by atoms with Gasteiger partial charge in [-0.1, -0.05) is 6.07 Å². The summed E-state index contributed by atoms with van der Waals surface area (Å²) < 4.78 is 10.9. The summed E-state index contributed by atoms with van der Waals surface area (Å²) in [5, 5.41) is 2.55. The number of rotatable bonds is 2. The molecule has 0 saturated carbocycles. The zero-order chi connectivity index (χ0) is 12.4. The molecule has 1 N–H and O–H groups in total. The van der Waals surface area contributed by atoms with Crippen molar-refractivity contribution in [2.45, 2.75) is 6.54 Å². The van der Waals surface area contributed by atoms with Gasteiger partial charge in [0.25, 0.3) is 0 Å². The largest absolute Gasteiger partial charge is 0.453 e. The third-order valence-electron chi connectivity index (χ3n) is 2.48. The molecule has 0 atom stereocenters. The SMILES string of the molecule is COC(=O)NCc1ccc2c(c1)oc(=O)n2C. The first-order valence-electron chi connectivity index (χ1n) is 5.02. The smallest absolute Gasteiger partial charge is 0.419 e. The monoisotopic (exact) mass is 236 g/mol. The average molecular weight is 236 g/mol. The highest BCUT2D eigenvalue weighted by Gasteiger charge is 2.06. The van der Waals surface area contributed by atoms with Crippen LogP contribution in [0.5, 0.6) is 0 Å². The molecule has 0 aliphatic rings. The van der Waals surface area contributed by atoms with E-state index in [1.54, 1.807) is 19.2 Å². The summed E-state index contributed by atoms with van der Waals surface area (Å²) in [5.74, 6) is -0.405. The molecule has 1 heterocycles. The van der Waals surface area contributed by atoms with Gasteiger partial charge in [0, 0.05) is 13.6 Å².